The Morgan fingerprint density at radius 3 is 2.30 bits per heavy atom. The van der Waals surface area contributed by atoms with Crippen LogP contribution in [-0.2, 0) is 5.41 Å². The number of aromatic carboxylic acids is 1. The molecule has 0 aliphatic rings. The fraction of sp³-hybridized carbons (Fsp3) is 0.294. The number of benzene rings is 1. The smallest absolute Gasteiger partial charge is 0.339 e. The third-order valence-electron chi connectivity index (χ3n) is 3.39. The van der Waals surface area contributed by atoms with Crippen molar-refractivity contribution in [2.75, 3.05) is 5.32 Å². The van der Waals surface area contributed by atoms with E-state index in [-0.39, 0.29) is 22.4 Å². The second kappa shape index (κ2) is 5.79. The van der Waals surface area contributed by atoms with Crippen LogP contribution in [0.4, 0.5) is 5.69 Å². The molecule has 2 rings (SSSR count). The molecule has 0 aliphatic carbocycles. The number of anilines is 1. The molecule has 0 unspecified atom stereocenters. The molecule has 6 heteroatoms. The van der Waals surface area contributed by atoms with Crippen molar-refractivity contribution in [1.29, 1.82) is 0 Å². The van der Waals surface area contributed by atoms with Crippen LogP contribution in [-0.4, -0.2) is 22.1 Å². The van der Waals surface area contributed by atoms with Crippen molar-refractivity contribution in [1.82, 2.24) is 0 Å². The summed E-state index contributed by atoms with van der Waals surface area (Å²) in [6, 6.07) is 5.54. The van der Waals surface area contributed by atoms with Crippen LogP contribution in [0.2, 0.25) is 0 Å². The molecule has 23 heavy (non-hydrogen) atoms. The lowest BCUT2D eigenvalue weighted by atomic mass is 9.93. The maximum absolute atomic E-state index is 12.4. The van der Waals surface area contributed by atoms with Crippen molar-refractivity contribution < 1.29 is 24.2 Å². The van der Waals surface area contributed by atoms with Crippen molar-refractivity contribution in [3.8, 4) is 5.75 Å². The normalized spacial score (nSPS) is 11.3. The van der Waals surface area contributed by atoms with Gasteiger partial charge in [0.2, 0.25) is 0 Å². The van der Waals surface area contributed by atoms with Crippen molar-refractivity contribution in [2.24, 2.45) is 0 Å². The van der Waals surface area contributed by atoms with E-state index in [1.807, 2.05) is 20.8 Å². The van der Waals surface area contributed by atoms with Crippen LogP contribution in [0.25, 0.3) is 0 Å². The number of rotatable bonds is 3. The highest BCUT2D eigenvalue weighted by Crippen LogP contribution is 2.28. The molecular weight excluding hydrogens is 298 g/mol. The number of aromatic hydroxyl groups is 1. The second-order valence-corrected chi connectivity index (χ2v) is 6.32. The molecule has 0 aliphatic heterocycles. The Labute approximate surface area is 133 Å². The molecule has 1 aromatic heterocycles. The summed E-state index contributed by atoms with van der Waals surface area (Å²) in [5.41, 5.74) is 0.170. The Morgan fingerprint density at radius 1 is 1.13 bits per heavy atom. The minimum Gasteiger partial charge on any atom is -0.507 e. The summed E-state index contributed by atoms with van der Waals surface area (Å²) in [4.78, 5) is 23.4. The van der Waals surface area contributed by atoms with Crippen molar-refractivity contribution in [3.63, 3.8) is 0 Å². The molecule has 0 saturated heterocycles. The van der Waals surface area contributed by atoms with Gasteiger partial charge in [0.15, 0.2) is 0 Å². The van der Waals surface area contributed by atoms with Crippen molar-refractivity contribution in [2.45, 2.75) is 33.1 Å². The number of carboxylic acids is 1. The van der Waals surface area contributed by atoms with Gasteiger partial charge in [0, 0.05) is 11.1 Å². The van der Waals surface area contributed by atoms with E-state index in [1.165, 1.54) is 18.2 Å². The highest BCUT2D eigenvalue weighted by Gasteiger charge is 2.23. The fourth-order valence-electron chi connectivity index (χ4n) is 2.06. The molecule has 122 valence electrons. The standard InChI is InChI=1S/C17H19NO5/c1-9-11(8-14(23-9)17(2,3)4)15(20)18-10-5-6-13(19)12(7-10)16(21)22/h5-8,19H,1-4H3,(H,18,20)(H,21,22). The Bertz CT molecular complexity index is 768. The van der Waals surface area contributed by atoms with Gasteiger partial charge in [0.1, 0.15) is 22.8 Å². The highest BCUT2D eigenvalue weighted by molar-refractivity contribution is 6.05. The Morgan fingerprint density at radius 2 is 1.78 bits per heavy atom. The molecule has 1 amide bonds. The lowest BCUT2D eigenvalue weighted by Crippen LogP contribution is -2.13. The minimum atomic E-state index is -1.27. The van der Waals surface area contributed by atoms with Crippen LogP contribution >= 0.6 is 0 Å². The van der Waals surface area contributed by atoms with E-state index in [1.54, 1.807) is 13.0 Å². The summed E-state index contributed by atoms with van der Waals surface area (Å²) >= 11 is 0. The third-order valence-corrected chi connectivity index (χ3v) is 3.39. The van der Waals surface area contributed by atoms with Gasteiger partial charge in [-0.15, -0.1) is 0 Å². The van der Waals surface area contributed by atoms with Gasteiger partial charge in [-0.05, 0) is 31.2 Å². The first-order valence-electron chi connectivity index (χ1n) is 7.08. The summed E-state index contributed by atoms with van der Waals surface area (Å²) < 4.78 is 5.62. The maximum atomic E-state index is 12.4. The van der Waals surface area contributed by atoms with Gasteiger partial charge in [-0.1, -0.05) is 20.8 Å². The molecule has 0 fully saturated rings. The Kier molecular flexibility index (Phi) is 4.18. The number of phenols is 1. The quantitative estimate of drug-likeness (QED) is 0.752. The van der Waals surface area contributed by atoms with E-state index >= 15 is 0 Å². The number of furan rings is 1. The van der Waals surface area contributed by atoms with Crippen LogP contribution < -0.4 is 5.32 Å². The zero-order valence-electron chi connectivity index (χ0n) is 13.4. The topological polar surface area (TPSA) is 99.8 Å². The van der Waals surface area contributed by atoms with Crippen LogP contribution in [0.1, 0.15) is 53.0 Å². The first kappa shape index (κ1) is 16.6. The fourth-order valence-corrected chi connectivity index (χ4v) is 2.06. The molecule has 0 atom stereocenters. The molecule has 0 bridgehead atoms. The molecule has 1 aromatic carbocycles. The van der Waals surface area contributed by atoms with Crippen molar-refractivity contribution >= 4 is 17.6 Å². The number of carbonyl (C=O) groups is 2. The molecule has 0 radical (unpaired) electrons. The van der Waals surface area contributed by atoms with Gasteiger partial charge in [-0.25, -0.2) is 4.79 Å². The Hall–Kier alpha value is -2.76. The molecule has 2 aromatic rings. The van der Waals surface area contributed by atoms with E-state index in [4.69, 9.17) is 9.52 Å². The first-order chi connectivity index (χ1) is 10.6. The van der Waals surface area contributed by atoms with E-state index in [2.05, 4.69) is 5.32 Å². The minimum absolute atomic E-state index is 0.224. The number of hydrogen-bond acceptors (Lipinski definition) is 4. The number of aryl methyl sites for hydroxylation is 1. The van der Waals surface area contributed by atoms with Gasteiger partial charge in [-0.3, -0.25) is 4.79 Å². The largest absolute Gasteiger partial charge is 0.507 e. The van der Waals surface area contributed by atoms with Gasteiger partial charge < -0.3 is 19.9 Å². The predicted molar refractivity (Wildman–Crippen MR) is 85.2 cm³/mol. The zero-order valence-corrected chi connectivity index (χ0v) is 13.4. The number of amides is 1. The number of carboxylic acid groups (broad SMARTS) is 1. The summed E-state index contributed by atoms with van der Waals surface area (Å²) in [5.74, 6) is -0.844. The average Bonchev–Trinajstić information content (AvgIpc) is 2.82. The zero-order chi connectivity index (χ0) is 17.4. The van der Waals surface area contributed by atoms with Crippen LogP contribution in [0.15, 0.2) is 28.7 Å². The molecule has 0 saturated carbocycles. The number of carbonyl (C=O) groups excluding carboxylic acids is 1. The monoisotopic (exact) mass is 317 g/mol. The third kappa shape index (κ3) is 3.53. The van der Waals surface area contributed by atoms with E-state index in [0.29, 0.717) is 17.1 Å². The maximum Gasteiger partial charge on any atom is 0.339 e. The second-order valence-electron chi connectivity index (χ2n) is 6.32. The van der Waals surface area contributed by atoms with Crippen molar-refractivity contribution in [3.05, 3.63) is 46.9 Å². The number of nitrogens with one attached hydrogen (secondary N) is 1. The predicted octanol–water partition coefficient (Wildman–Crippen LogP) is 3.54. The van der Waals surface area contributed by atoms with Gasteiger partial charge in [0.25, 0.3) is 5.91 Å². The molecule has 1 heterocycles. The molecule has 6 nitrogen and oxygen atoms in total. The summed E-state index contributed by atoms with van der Waals surface area (Å²) in [5, 5.41) is 21.1. The first-order valence-corrected chi connectivity index (χ1v) is 7.08. The lowest BCUT2D eigenvalue weighted by Gasteiger charge is -2.13. The van der Waals surface area contributed by atoms with Gasteiger partial charge >= 0.3 is 5.97 Å². The van der Waals surface area contributed by atoms with E-state index in [0.717, 1.165) is 0 Å². The SMILES string of the molecule is Cc1oc(C(C)(C)C)cc1C(=O)Nc1ccc(O)c(C(=O)O)c1. The molecule has 0 spiro atoms. The summed E-state index contributed by atoms with van der Waals surface area (Å²) in [7, 11) is 0. The van der Waals surface area contributed by atoms with Crippen LogP contribution in [0.5, 0.6) is 5.75 Å². The summed E-state index contributed by atoms with van der Waals surface area (Å²) in [6.07, 6.45) is 0. The molecule has 3 N–H and O–H groups in total. The lowest BCUT2D eigenvalue weighted by molar-refractivity contribution is 0.0693. The van der Waals surface area contributed by atoms with Crippen LogP contribution in [0.3, 0.4) is 0 Å². The highest BCUT2D eigenvalue weighted by atomic mass is 16.4. The van der Waals surface area contributed by atoms with Gasteiger partial charge in [0.05, 0.1) is 5.56 Å². The van der Waals surface area contributed by atoms with Gasteiger partial charge in [-0.2, -0.15) is 0 Å². The van der Waals surface area contributed by atoms with E-state index in [9.17, 15) is 14.7 Å². The van der Waals surface area contributed by atoms with E-state index < -0.39 is 11.9 Å². The average molecular weight is 317 g/mol. The molecular formula is C17H19NO5. The number of hydrogen-bond donors (Lipinski definition) is 3. The summed E-state index contributed by atoms with van der Waals surface area (Å²) in [6.45, 7) is 7.63. The van der Waals surface area contributed by atoms with Crippen LogP contribution in [0, 0.1) is 6.92 Å². The Balaban J connectivity index is 2.28.